The topological polar surface area (TPSA) is 67.4 Å². The molecule has 136 valence electrons. The van der Waals surface area contributed by atoms with E-state index in [1.807, 2.05) is 24.3 Å². The van der Waals surface area contributed by atoms with E-state index in [9.17, 15) is 9.59 Å². The molecule has 1 aliphatic carbocycles. The Morgan fingerprint density at radius 1 is 0.923 bits per heavy atom. The first-order valence-electron chi connectivity index (χ1n) is 9.07. The zero-order valence-electron chi connectivity index (χ0n) is 14.8. The molecule has 2 N–H and O–H groups in total. The maximum absolute atomic E-state index is 11.9. The van der Waals surface area contributed by atoms with Gasteiger partial charge in [-0.05, 0) is 54.7 Å². The third-order valence-electron chi connectivity index (χ3n) is 4.44. The molecule has 0 aliphatic heterocycles. The average Bonchev–Trinajstić information content (AvgIpc) is 3.13. The molecule has 0 aromatic heterocycles. The summed E-state index contributed by atoms with van der Waals surface area (Å²) < 4.78 is 5.70. The molecule has 0 saturated heterocycles. The van der Waals surface area contributed by atoms with Crippen molar-refractivity contribution in [3.63, 3.8) is 0 Å². The van der Waals surface area contributed by atoms with Crippen LogP contribution in [0.25, 0.3) is 0 Å². The quantitative estimate of drug-likeness (QED) is 0.717. The van der Waals surface area contributed by atoms with E-state index in [-0.39, 0.29) is 18.2 Å². The summed E-state index contributed by atoms with van der Waals surface area (Å²) in [5.41, 5.74) is 3.39. The number of aryl methyl sites for hydroxylation is 2. The Morgan fingerprint density at radius 3 is 2.58 bits per heavy atom. The highest BCUT2D eigenvalue weighted by Crippen LogP contribution is 2.25. The number of fused-ring (bicyclic) bond motifs is 1. The number of ether oxygens (including phenoxy) is 1. The highest BCUT2D eigenvalue weighted by molar-refractivity contribution is 5.94. The third kappa shape index (κ3) is 5.09. The van der Waals surface area contributed by atoms with Gasteiger partial charge >= 0.3 is 0 Å². The van der Waals surface area contributed by atoms with Crippen molar-refractivity contribution in [3.05, 3.63) is 65.2 Å². The summed E-state index contributed by atoms with van der Waals surface area (Å²) in [4.78, 5) is 23.7. The van der Waals surface area contributed by atoms with Crippen molar-refractivity contribution >= 4 is 11.8 Å². The van der Waals surface area contributed by atoms with Gasteiger partial charge in [0.25, 0.3) is 5.91 Å². The van der Waals surface area contributed by atoms with Crippen molar-refractivity contribution in [1.82, 2.24) is 10.6 Å². The summed E-state index contributed by atoms with van der Waals surface area (Å²) >= 11 is 0. The molecule has 3 rings (SSSR count). The lowest BCUT2D eigenvalue weighted by Crippen LogP contribution is -2.32. The van der Waals surface area contributed by atoms with Crippen LogP contribution in [0.1, 0.15) is 34.3 Å². The number of benzene rings is 2. The van der Waals surface area contributed by atoms with E-state index >= 15 is 0 Å². The van der Waals surface area contributed by atoms with Gasteiger partial charge in [0, 0.05) is 18.5 Å². The second-order valence-corrected chi connectivity index (χ2v) is 6.35. The summed E-state index contributed by atoms with van der Waals surface area (Å²) in [6.07, 6.45) is 3.75. The van der Waals surface area contributed by atoms with E-state index in [4.69, 9.17) is 4.74 Å². The van der Waals surface area contributed by atoms with Gasteiger partial charge in [0.15, 0.2) is 0 Å². The Balaban J connectivity index is 1.29. The van der Waals surface area contributed by atoms with Crippen molar-refractivity contribution < 1.29 is 14.3 Å². The molecule has 0 atom stereocenters. The molecule has 0 saturated carbocycles. The standard InChI is InChI=1S/C21H24N2O3/c24-20(11-12-23-21(25)17-5-2-1-3-6-17)22-13-14-26-19-10-9-16-7-4-8-18(16)15-19/h1-3,5-6,9-10,15H,4,7-8,11-14H2,(H,22,24)(H,23,25). The number of hydrogen-bond donors (Lipinski definition) is 2. The second kappa shape index (κ2) is 9.04. The number of hydrogen-bond acceptors (Lipinski definition) is 3. The summed E-state index contributed by atoms with van der Waals surface area (Å²) in [5.74, 6) is 0.587. The lowest BCUT2D eigenvalue weighted by molar-refractivity contribution is -0.121. The molecule has 5 heteroatoms. The van der Waals surface area contributed by atoms with Gasteiger partial charge in [-0.25, -0.2) is 0 Å². The van der Waals surface area contributed by atoms with Gasteiger partial charge in [0.05, 0.1) is 6.54 Å². The zero-order valence-corrected chi connectivity index (χ0v) is 14.8. The fraction of sp³-hybridized carbons (Fsp3) is 0.333. The minimum absolute atomic E-state index is 0.101. The first-order chi connectivity index (χ1) is 12.7. The molecule has 2 aromatic carbocycles. The van der Waals surface area contributed by atoms with Crippen LogP contribution in [0.4, 0.5) is 0 Å². The maximum atomic E-state index is 11.9. The van der Waals surface area contributed by atoms with Gasteiger partial charge < -0.3 is 15.4 Å². The summed E-state index contributed by atoms with van der Waals surface area (Å²) in [6, 6.07) is 15.2. The zero-order chi connectivity index (χ0) is 18.2. The predicted octanol–water partition coefficient (Wildman–Crippen LogP) is 2.49. The molecular formula is C21H24N2O3. The SMILES string of the molecule is O=C(CCNC(=O)c1ccccc1)NCCOc1ccc2c(c1)CCC2. The van der Waals surface area contributed by atoms with Crippen molar-refractivity contribution in [2.45, 2.75) is 25.7 Å². The minimum atomic E-state index is -0.168. The Kier molecular flexibility index (Phi) is 6.25. The van der Waals surface area contributed by atoms with Crippen LogP contribution in [0.5, 0.6) is 5.75 Å². The third-order valence-corrected chi connectivity index (χ3v) is 4.44. The van der Waals surface area contributed by atoms with Crippen molar-refractivity contribution in [2.24, 2.45) is 0 Å². The largest absolute Gasteiger partial charge is 0.492 e. The molecule has 26 heavy (non-hydrogen) atoms. The maximum Gasteiger partial charge on any atom is 0.251 e. The van der Waals surface area contributed by atoms with Crippen molar-refractivity contribution in [1.29, 1.82) is 0 Å². The Labute approximate surface area is 153 Å². The van der Waals surface area contributed by atoms with E-state index in [2.05, 4.69) is 22.8 Å². The highest BCUT2D eigenvalue weighted by atomic mass is 16.5. The summed E-state index contributed by atoms with van der Waals surface area (Å²) in [5, 5.41) is 5.54. The van der Waals surface area contributed by atoms with Crippen LogP contribution in [0.3, 0.4) is 0 Å². The molecule has 0 heterocycles. The van der Waals surface area contributed by atoms with Crippen LogP contribution in [-0.4, -0.2) is 31.5 Å². The van der Waals surface area contributed by atoms with Gasteiger partial charge in [-0.1, -0.05) is 24.3 Å². The first-order valence-corrected chi connectivity index (χ1v) is 9.07. The molecule has 0 bridgehead atoms. The molecule has 5 nitrogen and oxygen atoms in total. The average molecular weight is 352 g/mol. The first kappa shape index (κ1) is 18.0. The Morgan fingerprint density at radius 2 is 1.73 bits per heavy atom. The molecule has 0 fully saturated rings. The van der Waals surface area contributed by atoms with E-state index < -0.39 is 0 Å². The number of rotatable bonds is 8. The van der Waals surface area contributed by atoms with Gasteiger partial charge in [-0.3, -0.25) is 9.59 Å². The lowest BCUT2D eigenvalue weighted by Gasteiger charge is -2.09. The van der Waals surface area contributed by atoms with Gasteiger partial charge in [0.1, 0.15) is 12.4 Å². The van der Waals surface area contributed by atoms with Gasteiger partial charge in [-0.15, -0.1) is 0 Å². The smallest absolute Gasteiger partial charge is 0.251 e. The van der Waals surface area contributed by atoms with Crippen LogP contribution in [0.2, 0.25) is 0 Å². The van der Waals surface area contributed by atoms with Crippen LogP contribution in [0, 0.1) is 0 Å². The van der Waals surface area contributed by atoms with Crippen molar-refractivity contribution in [2.75, 3.05) is 19.7 Å². The molecular weight excluding hydrogens is 328 g/mol. The van der Waals surface area contributed by atoms with E-state index in [0.29, 0.717) is 25.3 Å². The molecule has 0 unspecified atom stereocenters. The predicted molar refractivity (Wildman–Crippen MR) is 100 cm³/mol. The van der Waals surface area contributed by atoms with Gasteiger partial charge in [-0.2, -0.15) is 0 Å². The summed E-state index contributed by atoms with van der Waals surface area (Å²) in [6.45, 7) is 1.19. The molecule has 2 aromatic rings. The van der Waals surface area contributed by atoms with Crippen LogP contribution in [-0.2, 0) is 17.6 Å². The molecule has 1 aliphatic rings. The number of nitrogens with one attached hydrogen (secondary N) is 2. The Bertz CT molecular complexity index is 759. The number of carbonyl (C=O) groups excluding carboxylic acids is 2. The fourth-order valence-electron chi connectivity index (χ4n) is 3.07. The van der Waals surface area contributed by atoms with E-state index in [1.54, 1.807) is 12.1 Å². The highest BCUT2D eigenvalue weighted by Gasteiger charge is 2.11. The second-order valence-electron chi connectivity index (χ2n) is 6.35. The van der Waals surface area contributed by atoms with Crippen LogP contribution >= 0.6 is 0 Å². The van der Waals surface area contributed by atoms with Crippen LogP contribution < -0.4 is 15.4 Å². The van der Waals surface area contributed by atoms with E-state index in [0.717, 1.165) is 18.6 Å². The lowest BCUT2D eigenvalue weighted by atomic mass is 10.1. The molecule has 0 spiro atoms. The van der Waals surface area contributed by atoms with Gasteiger partial charge in [0.2, 0.25) is 5.91 Å². The Hall–Kier alpha value is -2.82. The summed E-state index contributed by atoms with van der Waals surface area (Å²) in [7, 11) is 0. The fourth-order valence-corrected chi connectivity index (χ4v) is 3.07. The minimum Gasteiger partial charge on any atom is -0.492 e. The monoisotopic (exact) mass is 352 g/mol. The normalized spacial score (nSPS) is 12.3. The van der Waals surface area contributed by atoms with Crippen molar-refractivity contribution in [3.8, 4) is 5.75 Å². The number of amides is 2. The van der Waals surface area contributed by atoms with Crippen LogP contribution in [0.15, 0.2) is 48.5 Å². The molecule has 2 amide bonds. The van der Waals surface area contributed by atoms with E-state index in [1.165, 1.54) is 17.5 Å². The molecule has 0 radical (unpaired) electrons. The number of carbonyl (C=O) groups is 2.